The lowest BCUT2D eigenvalue weighted by Gasteiger charge is -2.27. The smallest absolute Gasteiger partial charge is 0.0773 e. The number of nitrogens with zero attached hydrogens (tertiary/aromatic N) is 1. The van der Waals surface area contributed by atoms with Crippen LogP contribution in [-0.4, -0.2) is 20.8 Å². The largest absolute Gasteiger partial charge is 0.298 e. The summed E-state index contributed by atoms with van der Waals surface area (Å²) in [7, 11) is -1.19. The molecule has 0 aliphatic carbocycles. The van der Waals surface area contributed by atoms with E-state index in [1.807, 2.05) is 0 Å². The Balaban J connectivity index is 3.66. The molecule has 0 N–H and O–H groups in total. The Morgan fingerprint density at radius 1 is 0.739 bits per heavy atom. The standard InChI is InChI=1S/C21H43NSi/c1-5-9-10-11-12-13-14-15-17-22-18-16-21-23(8-4,19-6-2)20-7-3/h8,18H,4-7,9-17,19-21H2,1-3H3. The highest BCUT2D eigenvalue weighted by atomic mass is 28.3. The van der Waals surface area contributed by atoms with E-state index in [1.54, 1.807) is 0 Å². The fourth-order valence-electron chi connectivity index (χ4n) is 3.55. The van der Waals surface area contributed by atoms with Crippen LogP contribution in [0.25, 0.3) is 0 Å². The molecular weight excluding hydrogens is 294 g/mol. The number of rotatable bonds is 17. The summed E-state index contributed by atoms with van der Waals surface area (Å²) in [6.07, 6.45) is 17.1. The lowest BCUT2D eigenvalue weighted by molar-refractivity contribution is 0.578. The molecule has 0 rings (SSSR count). The van der Waals surface area contributed by atoms with Gasteiger partial charge in [-0.1, -0.05) is 90.6 Å². The van der Waals surface area contributed by atoms with E-state index in [4.69, 9.17) is 0 Å². The first kappa shape index (κ1) is 22.6. The Bertz CT molecular complexity index is 280. The third kappa shape index (κ3) is 12.7. The fourth-order valence-corrected chi connectivity index (χ4v) is 7.61. The van der Waals surface area contributed by atoms with Gasteiger partial charge in [0, 0.05) is 6.54 Å². The molecule has 0 aliphatic rings. The van der Waals surface area contributed by atoms with Gasteiger partial charge in [-0.05, 0) is 25.1 Å². The van der Waals surface area contributed by atoms with E-state index in [-0.39, 0.29) is 0 Å². The second-order valence-corrected chi connectivity index (χ2v) is 11.8. The van der Waals surface area contributed by atoms with Crippen molar-refractivity contribution < 1.29 is 0 Å². The van der Waals surface area contributed by atoms with Gasteiger partial charge in [0.15, 0.2) is 0 Å². The van der Waals surface area contributed by atoms with Gasteiger partial charge in [-0.2, -0.15) is 0 Å². The maximum Gasteiger partial charge on any atom is 0.0773 e. The molecule has 0 aromatic heterocycles. The van der Waals surface area contributed by atoms with E-state index < -0.39 is 8.07 Å². The summed E-state index contributed by atoms with van der Waals surface area (Å²) in [6.45, 7) is 12.1. The van der Waals surface area contributed by atoms with E-state index in [2.05, 4.69) is 44.3 Å². The van der Waals surface area contributed by atoms with E-state index in [0.29, 0.717) is 0 Å². The van der Waals surface area contributed by atoms with Gasteiger partial charge >= 0.3 is 0 Å². The van der Waals surface area contributed by atoms with Crippen LogP contribution >= 0.6 is 0 Å². The second-order valence-electron chi connectivity index (χ2n) is 7.17. The highest BCUT2D eigenvalue weighted by molar-refractivity contribution is 6.84. The third-order valence-electron chi connectivity index (χ3n) is 4.97. The maximum absolute atomic E-state index is 4.64. The summed E-state index contributed by atoms with van der Waals surface area (Å²) in [5, 5.41) is 0. The summed E-state index contributed by atoms with van der Waals surface area (Å²) < 4.78 is 0. The van der Waals surface area contributed by atoms with Crippen molar-refractivity contribution in [2.24, 2.45) is 4.99 Å². The second kappa shape index (κ2) is 16.5. The van der Waals surface area contributed by atoms with Crippen LogP contribution in [0.4, 0.5) is 0 Å². The van der Waals surface area contributed by atoms with Gasteiger partial charge in [0.1, 0.15) is 0 Å². The third-order valence-corrected chi connectivity index (χ3v) is 10.1. The van der Waals surface area contributed by atoms with Crippen LogP contribution < -0.4 is 0 Å². The highest BCUT2D eigenvalue weighted by Crippen LogP contribution is 2.26. The molecule has 23 heavy (non-hydrogen) atoms. The lowest BCUT2D eigenvalue weighted by atomic mass is 10.1. The highest BCUT2D eigenvalue weighted by Gasteiger charge is 2.26. The van der Waals surface area contributed by atoms with Gasteiger partial charge in [0.25, 0.3) is 0 Å². The van der Waals surface area contributed by atoms with E-state index in [9.17, 15) is 0 Å². The van der Waals surface area contributed by atoms with Crippen LogP contribution in [0.15, 0.2) is 17.3 Å². The van der Waals surface area contributed by atoms with Crippen molar-refractivity contribution >= 4 is 14.3 Å². The zero-order chi connectivity index (χ0) is 17.2. The molecule has 136 valence electrons. The fraction of sp³-hybridized carbons (Fsp3) is 0.857. The van der Waals surface area contributed by atoms with Crippen LogP contribution in [0, 0.1) is 0 Å². The first-order valence-corrected chi connectivity index (χ1v) is 13.1. The zero-order valence-electron chi connectivity index (χ0n) is 16.4. The molecule has 0 aromatic rings. The van der Waals surface area contributed by atoms with Crippen molar-refractivity contribution in [2.45, 2.75) is 110 Å². The van der Waals surface area contributed by atoms with Gasteiger partial charge in [-0.15, -0.1) is 12.3 Å². The first-order chi connectivity index (χ1) is 11.2. The summed E-state index contributed by atoms with van der Waals surface area (Å²) in [5.41, 5.74) is 2.35. The molecule has 0 heterocycles. The number of unbranched alkanes of at least 4 members (excludes halogenated alkanes) is 7. The minimum atomic E-state index is -1.19. The van der Waals surface area contributed by atoms with Gasteiger partial charge in [0.05, 0.1) is 8.07 Å². The molecule has 0 spiro atoms. The lowest BCUT2D eigenvalue weighted by Crippen LogP contribution is -2.31. The van der Waals surface area contributed by atoms with Crippen LogP contribution in [0.2, 0.25) is 18.1 Å². The van der Waals surface area contributed by atoms with E-state index in [0.717, 1.165) is 6.54 Å². The van der Waals surface area contributed by atoms with Crippen molar-refractivity contribution in [2.75, 3.05) is 6.54 Å². The molecule has 0 bridgehead atoms. The molecule has 0 amide bonds. The topological polar surface area (TPSA) is 12.4 Å². The molecule has 0 radical (unpaired) electrons. The number of hydrogen-bond donors (Lipinski definition) is 0. The molecule has 0 atom stereocenters. The van der Waals surface area contributed by atoms with Crippen LogP contribution in [0.1, 0.15) is 91.4 Å². The molecule has 2 heteroatoms. The molecular formula is C21H43NSi. The monoisotopic (exact) mass is 337 g/mol. The van der Waals surface area contributed by atoms with Gasteiger partial charge < -0.3 is 0 Å². The minimum absolute atomic E-state index is 1.04. The zero-order valence-corrected chi connectivity index (χ0v) is 17.4. The normalized spacial score (nSPS) is 12.1. The van der Waals surface area contributed by atoms with Crippen molar-refractivity contribution in [3.8, 4) is 0 Å². The summed E-state index contributed by atoms with van der Waals surface area (Å²) in [5.74, 6) is 0. The van der Waals surface area contributed by atoms with Gasteiger partial charge in [0.2, 0.25) is 0 Å². The molecule has 0 saturated carbocycles. The SMILES string of the molecule is C=C[Si](CCC)(CCC)CCC=NCCCCCCCCCC. The van der Waals surface area contributed by atoms with Crippen LogP contribution in [0.5, 0.6) is 0 Å². The van der Waals surface area contributed by atoms with Crippen LogP contribution in [0.3, 0.4) is 0 Å². The molecule has 0 aliphatic heterocycles. The molecule has 0 saturated heterocycles. The van der Waals surface area contributed by atoms with Gasteiger partial charge in [-0.25, -0.2) is 0 Å². The quantitative estimate of drug-likeness (QED) is 0.147. The van der Waals surface area contributed by atoms with Crippen molar-refractivity contribution in [1.29, 1.82) is 0 Å². The molecule has 1 nitrogen and oxygen atoms in total. The predicted molar refractivity (Wildman–Crippen MR) is 112 cm³/mol. The van der Waals surface area contributed by atoms with Crippen molar-refractivity contribution in [1.82, 2.24) is 0 Å². The van der Waals surface area contributed by atoms with Crippen molar-refractivity contribution in [3.63, 3.8) is 0 Å². The Labute approximate surface area is 148 Å². The first-order valence-electron chi connectivity index (χ1n) is 10.4. The Kier molecular flexibility index (Phi) is 16.2. The van der Waals surface area contributed by atoms with Crippen molar-refractivity contribution in [3.05, 3.63) is 12.3 Å². The minimum Gasteiger partial charge on any atom is -0.298 e. The van der Waals surface area contributed by atoms with E-state index >= 15 is 0 Å². The Morgan fingerprint density at radius 2 is 1.30 bits per heavy atom. The maximum atomic E-state index is 4.64. The Hall–Kier alpha value is -0.373. The average molecular weight is 338 g/mol. The number of hydrogen-bond acceptors (Lipinski definition) is 1. The number of aliphatic imine (C=N–C) groups is 1. The van der Waals surface area contributed by atoms with Crippen LogP contribution in [-0.2, 0) is 0 Å². The molecule has 0 aromatic carbocycles. The Morgan fingerprint density at radius 3 is 1.83 bits per heavy atom. The average Bonchev–Trinajstić information content (AvgIpc) is 2.56. The predicted octanol–water partition coefficient (Wildman–Crippen LogP) is 7.58. The summed E-state index contributed by atoms with van der Waals surface area (Å²) >= 11 is 0. The summed E-state index contributed by atoms with van der Waals surface area (Å²) in [6, 6.07) is 4.19. The van der Waals surface area contributed by atoms with E-state index in [1.165, 1.54) is 88.8 Å². The molecule has 0 fully saturated rings. The molecule has 0 unspecified atom stereocenters. The van der Waals surface area contributed by atoms with Gasteiger partial charge in [-0.3, -0.25) is 4.99 Å². The summed E-state index contributed by atoms with van der Waals surface area (Å²) in [4.78, 5) is 4.64.